The van der Waals surface area contributed by atoms with Crippen LogP contribution >= 0.6 is 0 Å². The van der Waals surface area contributed by atoms with E-state index in [-0.39, 0.29) is 12.0 Å². The monoisotopic (exact) mass is 329 g/mol. The fourth-order valence-corrected chi connectivity index (χ4v) is 2.72. The highest BCUT2D eigenvalue weighted by Gasteiger charge is 2.35. The van der Waals surface area contributed by atoms with Crippen LogP contribution in [-0.4, -0.2) is 45.1 Å². The number of carbonyl (C=O) groups excluding carboxylic acids is 1. The zero-order valence-electron chi connectivity index (χ0n) is 14.4. The molecule has 0 bridgehead atoms. The summed E-state index contributed by atoms with van der Waals surface area (Å²) in [5, 5.41) is 19.4. The van der Waals surface area contributed by atoms with E-state index in [4.69, 9.17) is 10.00 Å². The molecule has 1 aromatic heterocycles. The molecule has 1 N–H and O–H groups in total. The highest BCUT2D eigenvalue weighted by Crippen LogP contribution is 2.31. The minimum absolute atomic E-state index is 0.121. The molecule has 1 fully saturated rings. The summed E-state index contributed by atoms with van der Waals surface area (Å²) >= 11 is 0. The molecule has 0 saturated carbocycles. The van der Waals surface area contributed by atoms with E-state index in [0.29, 0.717) is 37.3 Å². The van der Waals surface area contributed by atoms with Crippen LogP contribution in [0.15, 0.2) is 24.3 Å². The zero-order chi connectivity index (χ0) is 17.9. The number of hydrogen-bond donors (Lipinski definition) is 1. The summed E-state index contributed by atoms with van der Waals surface area (Å²) in [5.41, 5.74) is 1.61. The maximum absolute atomic E-state index is 12.5. The lowest BCUT2D eigenvalue weighted by Gasteiger charge is -2.36. The van der Waals surface area contributed by atoms with Crippen LogP contribution in [0.1, 0.15) is 50.9 Å². The molecule has 1 aliphatic rings. The summed E-state index contributed by atoms with van der Waals surface area (Å²) < 4.78 is 5.67. The lowest BCUT2D eigenvalue weighted by atomic mass is 9.91. The van der Waals surface area contributed by atoms with Crippen molar-refractivity contribution in [3.63, 3.8) is 0 Å². The lowest BCUT2D eigenvalue weighted by molar-refractivity contribution is 0.0386. The summed E-state index contributed by atoms with van der Waals surface area (Å²) in [6.45, 7) is 14.3. The Morgan fingerprint density at radius 1 is 1.33 bits per heavy atom. The number of hydrogen-bond acceptors (Lipinski definition) is 5. The second-order valence-corrected chi connectivity index (χ2v) is 6.39. The van der Waals surface area contributed by atoms with Gasteiger partial charge in [-0.25, -0.2) is 4.79 Å². The molecule has 0 atom stereocenters. The Morgan fingerprint density at radius 3 is 2.42 bits per heavy atom. The van der Waals surface area contributed by atoms with Gasteiger partial charge in [0.05, 0.1) is 0 Å². The Bertz CT molecular complexity index is 678. The van der Waals surface area contributed by atoms with Crippen LogP contribution in [0.25, 0.3) is 0 Å². The number of aromatic amines is 1. The van der Waals surface area contributed by atoms with E-state index >= 15 is 0 Å². The van der Waals surface area contributed by atoms with Crippen molar-refractivity contribution in [2.45, 2.75) is 45.1 Å². The number of H-pyrrole nitrogens is 1. The smallest absolute Gasteiger partial charge is 0.410 e. The molecule has 1 saturated heterocycles. The summed E-state index contributed by atoms with van der Waals surface area (Å²) in [4.78, 5) is 14.1. The van der Waals surface area contributed by atoms with Crippen molar-refractivity contribution in [3.05, 3.63) is 35.7 Å². The molecule has 0 aromatic carbocycles. The third-order valence-electron chi connectivity index (χ3n) is 4.74. The molecule has 128 valence electrons. The van der Waals surface area contributed by atoms with Crippen molar-refractivity contribution < 1.29 is 9.53 Å². The van der Waals surface area contributed by atoms with Gasteiger partial charge in [0, 0.05) is 19.0 Å². The maximum atomic E-state index is 12.5. The first kappa shape index (κ1) is 17.7. The molecule has 1 amide bonds. The molecular weight excluding hydrogens is 306 g/mol. The Kier molecular flexibility index (Phi) is 5.07. The van der Waals surface area contributed by atoms with E-state index in [1.807, 2.05) is 19.9 Å². The van der Waals surface area contributed by atoms with E-state index in [1.165, 1.54) is 0 Å². The molecule has 0 aliphatic carbocycles. The molecular formula is C17H23N5O2. The number of nitrogens with zero attached hydrogens (tertiary/aromatic N) is 4. The standard InChI is InChI=1S/C17H23N5O2/c1-11(2)17(5,12(3)4)24-16(23)22-8-6-13(7-9-22)15-14(10-18)19-21-20-15/h13H,1,3,6-9H2,2,4-5H3,(H,19,20,21). The van der Waals surface area contributed by atoms with Gasteiger partial charge >= 0.3 is 6.09 Å². The number of nitrogens with one attached hydrogen (secondary N) is 1. The van der Waals surface area contributed by atoms with Gasteiger partial charge in [0.2, 0.25) is 0 Å². The van der Waals surface area contributed by atoms with Crippen molar-refractivity contribution in [3.8, 4) is 6.07 Å². The van der Waals surface area contributed by atoms with Gasteiger partial charge in [0.1, 0.15) is 11.8 Å². The molecule has 0 radical (unpaired) electrons. The quantitative estimate of drug-likeness (QED) is 0.857. The molecule has 7 nitrogen and oxygen atoms in total. The summed E-state index contributed by atoms with van der Waals surface area (Å²) in [6.07, 6.45) is 1.06. The van der Waals surface area contributed by atoms with Crippen LogP contribution < -0.4 is 0 Å². The molecule has 2 rings (SSSR count). The largest absolute Gasteiger partial charge is 0.434 e. The summed E-state index contributed by atoms with van der Waals surface area (Å²) in [6, 6.07) is 2.03. The topological polar surface area (TPSA) is 94.9 Å². The Morgan fingerprint density at radius 2 is 1.92 bits per heavy atom. The normalized spacial score (nSPS) is 15.7. The third kappa shape index (κ3) is 3.32. The maximum Gasteiger partial charge on any atom is 0.410 e. The number of piperidine rings is 1. The Hall–Kier alpha value is -2.62. The highest BCUT2D eigenvalue weighted by molar-refractivity contribution is 5.69. The van der Waals surface area contributed by atoms with Crippen LogP contribution in [0.5, 0.6) is 0 Å². The average molecular weight is 329 g/mol. The first-order chi connectivity index (χ1) is 11.3. The van der Waals surface area contributed by atoms with Gasteiger partial charge in [-0.3, -0.25) is 0 Å². The minimum Gasteiger partial charge on any atom is -0.434 e. The number of aromatic nitrogens is 3. The van der Waals surface area contributed by atoms with Gasteiger partial charge in [0.15, 0.2) is 11.3 Å². The van der Waals surface area contributed by atoms with Crippen molar-refractivity contribution in [1.29, 1.82) is 5.26 Å². The van der Waals surface area contributed by atoms with Crippen molar-refractivity contribution in [2.24, 2.45) is 0 Å². The van der Waals surface area contributed by atoms with Gasteiger partial charge in [0.25, 0.3) is 0 Å². The summed E-state index contributed by atoms with van der Waals surface area (Å²) in [7, 11) is 0. The fraction of sp³-hybridized carbons (Fsp3) is 0.529. The Balaban J connectivity index is 1.99. The lowest BCUT2D eigenvalue weighted by Crippen LogP contribution is -2.44. The van der Waals surface area contributed by atoms with Gasteiger partial charge < -0.3 is 9.64 Å². The molecule has 0 spiro atoms. The highest BCUT2D eigenvalue weighted by atomic mass is 16.6. The molecule has 1 aliphatic heterocycles. The second kappa shape index (κ2) is 6.87. The number of amides is 1. The molecule has 1 aromatic rings. The van der Waals surface area contributed by atoms with Crippen LogP contribution in [0.3, 0.4) is 0 Å². The first-order valence-electron chi connectivity index (χ1n) is 7.90. The van der Waals surface area contributed by atoms with Gasteiger partial charge in [-0.1, -0.05) is 13.2 Å². The Labute approximate surface area is 142 Å². The molecule has 2 heterocycles. The number of rotatable bonds is 4. The van der Waals surface area contributed by atoms with Crippen LogP contribution in [-0.2, 0) is 4.74 Å². The number of carbonyl (C=O) groups is 1. The summed E-state index contributed by atoms with van der Waals surface area (Å²) in [5.74, 6) is 0.121. The van der Waals surface area contributed by atoms with Crippen molar-refractivity contribution >= 4 is 6.09 Å². The molecule has 24 heavy (non-hydrogen) atoms. The van der Waals surface area contributed by atoms with E-state index in [1.54, 1.807) is 11.8 Å². The van der Waals surface area contributed by atoms with E-state index in [0.717, 1.165) is 11.1 Å². The van der Waals surface area contributed by atoms with Crippen LogP contribution in [0, 0.1) is 11.3 Å². The van der Waals surface area contributed by atoms with Crippen LogP contribution in [0.2, 0.25) is 0 Å². The number of likely N-dealkylation sites (tertiary alicyclic amines) is 1. The third-order valence-corrected chi connectivity index (χ3v) is 4.74. The van der Waals surface area contributed by atoms with Gasteiger partial charge in [-0.05, 0) is 44.8 Å². The van der Waals surface area contributed by atoms with Crippen LogP contribution in [0.4, 0.5) is 4.79 Å². The first-order valence-corrected chi connectivity index (χ1v) is 7.90. The zero-order valence-corrected chi connectivity index (χ0v) is 14.4. The van der Waals surface area contributed by atoms with E-state index in [9.17, 15) is 4.79 Å². The predicted octanol–water partition coefficient (Wildman–Crippen LogP) is 2.90. The second-order valence-electron chi connectivity index (χ2n) is 6.39. The SMILES string of the molecule is C=C(C)C(C)(OC(=O)N1CCC(c2n[nH]nc2C#N)CC1)C(=C)C. The average Bonchev–Trinajstić information content (AvgIpc) is 3.03. The number of nitriles is 1. The minimum atomic E-state index is -0.867. The van der Waals surface area contributed by atoms with Crippen molar-refractivity contribution in [1.82, 2.24) is 20.3 Å². The van der Waals surface area contributed by atoms with Gasteiger partial charge in [-0.2, -0.15) is 15.6 Å². The molecule has 0 unspecified atom stereocenters. The predicted molar refractivity (Wildman–Crippen MR) is 89.2 cm³/mol. The fourth-order valence-electron chi connectivity index (χ4n) is 2.72. The molecule has 7 heteroatoms. The van der Waals surface area contributed by atoms with E-state index < -0.39 is 5.60 Å². The van der Waals surface area contributed by atoms with Crippen molar-refractivity contribution in [2.75, 3.05) is 13.1 Å². The van der Waals surface area contributed by atoms with E-state index in [2.05, 4.69) is 28.6 Å². The number of ether oxygens (including phenoxy) is 1. The van der Waals surface area contributed by atoms with Gasteiger partial charge in [-0.15, -0.1) is 5.10 Å².